The molecule has 10 heavy (non-hydrogen) atoms. The molecule has 0 amide bonds. The van der Waals surface area contributed by atoms with Gasteiger partial charge in [-0.15, -0.1) is 0 Å². The Kier molecular flexibility index (Phi) is 7.52. The topological polar surface area (TPSA) is 26.0 Å². The van der Waals surface area contributed by atoms with E-state index in [1.165, 1.54) is 25.7 Å². The van der Waals surface area contributed by atoms with E-state index in [9.17, 15) is 0 Å². The summed E-state index contributed by atoms with van der Waals surface area (Å²) < 4.78 is 0.580. The van der Waals surface area contributed by atoms with E-state index in [-0.39, 0.29) is 0 Å². The van der Waals surface area contributed by atoms with E-state index in [4.69, 9.17) is 18.0 Å². The van der Waals surface area contributed by atoms with Crippen LogP contribution in [-0.2, 0) is 0 Å². The van der Waals surface area contributed by atoms with Crippen molar-refractivity contribution in [2.45, 2.75) is 32.6 Å². The van der Waals surface area contributed by atoms with E-state index in [0.717, 1.165) is 5.75 Å². The number of thiocarbonyl (C=S) groups is 1. The zero-order valence-corrected chi connectivity index (χ0v) is 8.06. The predicted molar refractivity (Wildman–Crippen MR) is 53.4 cm³/mol. The van der Waals surface area contributed by atoms with Gasteiger partial charge >= 0.3 is 0 Å². The first-order chi connectivity index (χ1) is 4.77. The molecule has 0 aromatic heterocycles. The normalized spacial score (nSPS) is 9.70. The van der Waals surface area contributed by atoms with Crippen LogP contribution >= 0.6 is 24.0 Å². The van der Waals surface area contributed by atoms with Gasteiger partial charge in [0, 0.05) is 5.75 Å². The third kappa shape index (κ3) is 8.24. The SMILES string of the molecule is CCCCCCSC(N)=S. The number of rotatable bonds is 5. The lowest BCUT2D eigenvalue weighted by atomic mass is 10.2. The minimum atomic E-state index is 0.580. The first-order valence-corrected chi connectivity index (χ1v) is 5.09. The molecule has 0 fully saturated rings. The smallest absolute Gasteiger partial charge is 0.131 e. The van der Waals surface area contributed by atoms with Gasteiger partial charge in [0.05, 0.1) is 0 Å². The highest BCUT2D eigenvalue weighted by atomic mass is 32.2. The van der Waals surface area contributed by atoms with E-state index in [1.54, 1.807) is 11.8 Å². The molecule has 0 radical (unpaired) electrons. The summed E-state index contributed by atoms with van der Waals surface area (Å²) in [6.45, 7) is 2.21. The van der Waals surface area contributed by atoms with Crippen molar-refractivity contribution in [1.29, 1.82) is 0 Å². The third-order valence-corrected chi connectivity index (χ3v) is 2.37. The number of hydrogen-bond acceptors (Lipinski definition) is 2. The largest absolute Gasteiger partial charge is 0.385 e. The number of hydrogen-bond donors (Lipinski definition) is 1. The highest BCUT2D eigenvalue weighted by molar-refractivity contribution is 8.22. The molecule has 0 saturated carbocycles. The predicted octanol–water partition coefficient (Wildman–Crippen LogP) is 2.54. The molecule has 0 rings (SSSR count). The lowest BCUT2D eigenvalue weighted by molar-refractivity contribution is 0.707. The molecule has 0 aliphatic carbocycles. The number of nitrogens with two attached hydrogens (primary N) is 1. The van der Waals surface area contributed by atoms with Crippen molar-refractivity contribution in [3.05, 3.63) is 0 Å². The molecular formula is C7H15NS2. The molecule has 3 heteroatoms. The molecule has 2 N–H and O–H groups in total. The maximum absolute atomic E-state index is 5.30. The molecule has 1 nitrogen and oxygen atoms in total. The Morgan fingerprint density at radius 3 is 2.60 bits per heavy atom. The molecule has 0 aromatic carbocycles. The lowest BCUT2D eigenvalue weighted by Gasteiger charge is -1.97. The summed E-state index contributed by atoms with van der Waals surface area (Å²) in [5.41, 5.74) is 5.30. The summed E-state index contributed by atoms with van der Waals surface area (Å²) in [4.78, 5) is 0. The Balaban J connectivity index is 2.84. The summed E-state index contributed by atoms with van der Waals surface area (Å²) in [5.74, 6) is 1.09. The fraction of sp³-hybridized carbons (Fsp3) is 0.857. The van der Waals surface area contributed by atoms with Crippen molar-refractivity contribution in [2.75, 3.05) is 5.75 Å². The van der Waals surface area contributed by atoms with Gasteiger partial charge in [-0.3, -0.25) is 0 Å². The summed E-state index contributed by atoms with van der Waals surface area (Å²) in [6, 6.07) is 0. The molecule has 0 spiro atoms. The Labute approximate surface area is 72.8 Å². The van der Waals surface area contributed by atoms with E-state index in [1.807, 2.05) is 0 Å². The van der Waals surface area contributed by atoms with Gasteiger partial charge in [-0.05, 0) is 6.42 Å². The van der Waals surface area contributed by atoms with Gasteiger partial charge < -0.3 is 5.73 Å². The Bertz CT molecular complexity index is 93.6. The van der Waals surface area contributed by atoms with Crippen LogP contribution in [0.4, 0.5) is 0 Å². The fourth-order valence-electron chi connectivity index (χ4n) is 0.702. The minimum Gasteiger partial charge on any atom is -0.385 e. The van der Waals surface area contributed by atoms with Crippen LogP contribution in [0.3, 0.4) is 0 Å². The standard InChI is InChI=1S/C7H15NS2/c1-2-3-4-5-6-10-7(8)9/h2-6H2,1H3,(H2,8,9). The Morgan fingerprint density at radius 1 is 1.40 bits per heavy atom. The van der Waals surface area contributed by atoms with Gasteiger partial charge in [-0.1, -0.05) is 50.2 Å². The van der Waals surface area contributed by atoms with Crippen LogP contribution in [0, 0.1) is 0 Å². The second-order valence-electron chi connectivity index (χ2n) is 2.23. The van der Waals surface area contributed by atoms with E-state index >= 15 is 0 Å². The minimum absolute atomic E-state index is 0.580. The maximum atomic E-state index is 5.30. The molecule has 0 heterocycles. The molecule has 0 aliphatic rings. The van der Waals surface area contributed by atoms with Crippen molar-refractivity contribution in [2.24, 2.45) is 5.73 Å². The van der Waals surface area contributed by atoms with Crippen molar-refractivity contribution >= 4 is 28.3 Å². The summed E-state index contributed by atoms with van der Waals surface area (Å²) >= 11 is 6.31. The van der Waals surface area contributed by atoms with Crippen molar-refractivity contribution in [3.8, 4) is 0 Å². The van der Waals surface area contributed by atoms with Crippen LogP contribution in [0.15, 0.2) is 0 Å². The molecule has 0 saturated heterocycles. The van der Waals surface area contributed by atoms with Crippen LogP contribution in [-0.4, -0.2) is 10.1 Å². The number of thioether (sulfide) groups is 1. The zero-order valence-electron chi connectivity index (χ0n) is 6.43. The van der Waals surface area contributed by atoms with Crippen LogP contribution < -0.4 is 5.73 Å². The molecule has 0 unspecified atom stereocenters. The average Bonchev–Trinajstić information content (AvgIpc) is 1.87. The Hall–Kier alpha value is 0.240. The van der Waals surface area contributed by atoms with Gasteiger partial charge in [0.2, 0.25) is 0 Å². The Morgan fingerprint density at radius 2 is 2.10 bits per heavy atom. The van der Waals surface area contributed by atoms with Crippen molar-refractivity contribution in [3.63, 3.8) is 0 Å². The second kappa shape index (κ2) is 7.35. The summed E-state index contributed by atoms with van der Waals surface area (Å²) in [5, 5.41) is 0. The first kappa shape index (κ1) is 10.2. The average molecular weight is 177 g/mol. The second-order valence-corrected chi connectivity index (χ2v) is 4.06. The first-order valence-electron chi connectivity index (χ1n) is 3.69. The van der Waals surface area contributed by atoms with Crippen LogP contribution in [0.1, 0.15) is 32.6 Å². The van der Waals surface area contributed by atoms with Crippen LogP contribution in [0.2, 0.25) is 0 Å². The number of unbranched alkanes of at least 4 members (excludes halogenated alkanes) is 3. The molecule has 60 valence electrons. The molecule has 0 bridgehead atoms. The van der Waals surface area contributed by atoms with Gasteiger partial charge in [0.25, 0.3) is 0 Å². The summed E-state index contributed by atoms with van der Waals surface area (Å²) in [7, 11) is 0. The lowest BCUT2D eigenvalue weighted by Crippen LogP contribution is -2.02. The van der Waals surface area contributed by atoms with Crippen molar-refractivity contribution in [1.82, 2.24) is 0 Å². The zero-order chi connectivity index (χ0) is 7.82. The van der Waals surface area contributed by atoms with E-state index in [2.05, 4.69) is 6.92 Å². The highest BCUT2D eigenvalue weighted by Gasteiger charge is 1.90. The van der Waals surface area contributed by atoms with Crippen LogP contribution in [0.5, 0.6) is 0 Å². The molecule has 0 aliphatic heterocycles. The van der Waals surface area contributed by atoms with Crippen molar-refractivity contribution < 1.29 is 0 Å². The highest BCUT2D eigenvalue weighted by Crippen LogP contribution is 2.06. The van der Waals surface area contributed by atoms with Gasteiger partial charge in [-0.25, -0.2) is 0 Å². The van der Waals surface area contributed by atoms with Gasteiger partial charge in [-0.2, -0.15) is 0 Å². The molecular weight excluding hydrogens is 162 g/mol. The van der Waals surface area contributed by atoms with Gasteiger partial charge in [0.15, 0.2) is 0 Å². The quantitative estimate of drug-likeness (QED) is 0.516. The third-order valence-electron chi connectivity index (χ3n) is 1.24. The van der Waals surface area contributed by atoms with Gasteiger partial charge in [0.1, 0.15) is 4.32 Å². The van der Waals surface area contributed by atoms with Crippen LogP contribution in [0.25, 0.3) is 0 Å². The molecule has 0 aromatic rings. The fourth-order valence-corrected chi connectivity index (χ4v) is 1.50. The monoisotopic (exact) mass is 177 g/mol. The van der Waals surface area contributed by atoms with E-state index < -0.39 is 0 Å². The molecule has 0 atom stereocenters. The summed E-state index contributed by atoms with van der Waals surface area (Å²) in [6.07, 6.45) is 5.18. The van der Waals surface area contributed by atoms with E-state index in [0.29, 0.717) is 4.32 Å². The maximum Gasteiger partial charge on any atom is 0.131 e.